The van der Waals surface area contributed by atoms with Crippen molar-refractivity contribution in [2.24, 2.45) is 4.99 Å². The zero-order chi connectivity index (χ0) is 21.4. The Balaban J connectivity index is 0.00000341. The van der Waals surface area contributed by atoms with Gasteiger partial charge in [0.25, 0.3) is 0 Å². The van der Waals surface area contributed by atoms with Crippen molar-refractivity contribution < 1.29 is 13.2 Å². The lowest BCUT2D eigenvalue weighted by atomic mass is 10.0. The minimum Gasteiger partial charge on any atom is -0.370 e. The number of halogens is 1. The zero-order valence-electron chi connectivity index (χ0n) is 18.2. The second kappa shape index (κ2) is 12.4. The van der Waals surface area contributed by atoms with Crippen molar-refractivity contribution in [1.29, 1.82) is 0 Å². The first-order chi connectivity index (χ1) is 14.5. The lowest BCUT2D eigenvalue weighted by Crippen LogP contribution is -2.48. The predicted octanol–water partition coefficient (Wildman–Crippen LogP) is 3.82. The molecule has 1 heterocycles. The van der Waals surface area contributed by atoms with Crippen LogP contribution in [0.2, 0.25) is 0 Å². The van der Waals surface area contributed by atoms with Gasteiger partial charge in [0.15, 0.2) is 15.8 Å². The zero-order valence-corrected chi connectivity index (χ0v) is 21.3. The van der Waals surface area contributed by atoms with Gasteiger partial charge in [-0.2, -0.15) is 0 Å². The standard InChI is InChI=1S/C23H31N3O3S.HI/c1-3-24-23(25-14-9-17-30(27,28)20-11-5-4-6-12-20)26-15-16-29-22(18-26)21-13-8-7-10-19(21)2;/h4-8,10-13,22H,3,9,14-18H2,1-2H3,(H,24,25);1H. The van der Waals surface area contributed by atoms with E-state index in [0.717, 1.165) is 25.6 Å². The van der Waals surface area contributed by atoms with Gasteiger partial charge in [-0.25, -0.2) is 8.42 Å². The molecule has 1 atom stereocenters. The van der Waals surface area contributed by atoms with Gasteiger partial charge in [-0.15, -0.1) is 24.0 Å². The molecular weight excluding hydrogens is 525 g/mol. The van der Waals surface area contributed by atoms with Crippen LogP contribution in [0.4, 0.5) is 0 Å². The van der Waals surface area contributed by atoms with Gasteiger partial charge >= 0.3 is 0 Å². The fourth-order valence-corrected chi connectivity index (χ4v) is 4.91. The van der Waals surface area contributed by atoms with Crippen molar-refractivity contribution >= 4 is 39.8 Å². The Morgan fingerprint density at radius 1 is 1.16 bits per heavy atom. The summed E-state index contributed by atoms with van der Waals surface area (Å²) < 4.78 is 30.9. The summed E-state index contributed by atoms with van der Waals surface area (Å²) in [6, 6.07) is 16.9. The molecule has 0 aliphatic carbocycles. The van der Waals surface area contributed by atoms with Crippen LogP contribution in [0.1, 0.15) is 30.6 Å². The molecule has 1 fully saturated rings. The van der Waals surface area contributed by atoms with E-state index < -0.39 is 9.84 Å². The van der Waals surface area contributed by atoms with Crippen LogP contribution < -0.4 is 5.32 Å². The quantitative estimate of drug-likeness (QED) is 0.243. The Morgan fingerprint density at radius 3 is 2.58 bits per heavy atom. The monoisotopic (exact) mass is 557 g/mol. The molecule has 0 aromatic heterocycles. The first-order valence-electron chi connectivity index (χ1n) is 10.5. The van der Waals surface area contributed by atoms with Crippen LogP contribution in [0, 0.1) is 6.92 Å². The number of nitrogens with zero attached hydrogens (tertiary/aromatic N) is 2. The summed E-state index contributed by atoms with van der Waals surface area (Å²) >= 11 is 0. The third-order valence-corrected chi connectivity index (χ3v) is 6.99. The molecular formula is C23H32IN3O3S. The highest BCUT2D eigenvalue weighted by Crippen LogP contribution is 2.25. The number of nitrogens with one attached hydrogen (secondary N) is 1. The smallest absolute Gasteiger partial charge is 0.194 e. The summed E-state index contributed by atoms with van der Waals surface area (Å²) in [7, 11) is -3.27. The van der Waals surface area contributed by atoms with Gasteiger partial charge in [0.1, 0.15) is 6.10 Å². The molecule has 1 unspecified atom stereocenters. The maximum Gasteiger partial charge on any atom is 0.194 e. The van der Waals surface area contributed by atoms with Crippen molar-refractivity contribution in [2.75, 3.05) is 38.5 Å². The summed E-state index contributed by atoms with van der Waals surface area (Å²) in [5.41, 5.74) is 2.42. The Bertz CT molecular complexity index is 952. The van der Waals surface area contributed by atoms with Gasteiger partial charge in [-0.3, -0.25) is 4.99 Å². The average molecular weight is 557 g/mol. The highest BCUT2D eigenvalue weighted by molar-refractivity contribution is 14.0. The normalized spacial score (nSPS) is 17.2. The summed E-state index contributed by atoms with van der Waals surface area (Å²) in [5, 5.41) is 3.34. The molecule has 6 nitrogen and oxygen atoms in total. The molecule has 0 bridgehead atoms. The molecule has 1 saturated heterocycles. The number of sulfone groups is 1. The van der Waals surface area contributed by atoms with Gasteiger partial charge in [-0.05, 0) is 43.5 Å². The van der Waals surface area contributed by atoms with Crippen LogP contribution in [-0.2, 0) is 14.6 Å². The van der Waals surface area contributed by atoms with Gasteiger partial charge in [0.05, 0.1) is 23.8 Å². The predicted molar refractivity (Wildman–Crippen MR) is 136 cm³/mol. The third kappa shape index (κ3) is 7.18. The molecule has 0 spiro atoms. The van der Waals surface area contributed by atoms with E-state index in [4.69, 9.17) is 9.73 Å². The number of aliphatic imine (C=N–C) groups is 1. The molecule has 8 heteroatoms. The molecule has 1 N–H and O–H groups in total. The van der Waals surface area contributed by atoms with E-state index in [-0.39, 0.29) is 35.8 Å². The van der Waals surface area contributed by atoms with Crippen LogP contribution >= 0.6 is 24.0 Å². The molecule has 170 valence electrons. The molecule has 0 amide bonds. The van der Waals surface area contributed by atoms with E-state index in [1.165, 1.54) is 11.1 Å². The topological polar surface area (TPSA) is 71.0 Å². The minimum atomic E-state index is -3.27. The van der Waals surface area contributed by atoms with Crippen LogP contribution in [0.3, 0.4) is 0 Å². The molecule has 2 aromatic rings. The van der Waals surface area contributed by atoms with E-state index in [1.54, 1.807) is 24.3 Å². The second-order valence-electron chi connectivity index (χ2n) is 7.38. The lowest BCUT2D eigenvalue weighted by Gasteiger charge is -2.35. The molecule has 31 heavy (non-hydrogen) atoms. The highest BCUT2D eigenvalue weighted by atomic mass is 127. The SMILES string of the molecule is CCNC(=NCCCS(=O)(=O)c1ccccc1)N1CCOC(c2ccccc2C)C1.I. The Labute approximate surface area is 203 Å². The Hall–Kier alpha value is -1.65. The number of aryl methyl sites for hydroxylation is 1. The second-order valence-corrected chi connectivity index (χ2v) is 9.49. The number of guanidine groups is 1. The fourth-order valence-electron chi connectivity index (χ4n) is 3.59. The van der Waals surface area contributed by atoms with Crippen LogP contribution in [0.15, 0.2) is 64.5 Å². The van der Waals surface area contributed by atoms with Crippen molar-refractivity contribution in [3.8, 4) is 0 Å². The Morgan fingerprint density at radius 2 is 1.87 bits per heavy atom. The van der Waals surface area contributed by atoms with E-state index in [9.17, 15) is 8.42 Å². The maximum atomic E-state index is 12.4. The van der Waals surface area contributed by atoms with E-state index in [0.29, 0.717) is 24.5 Å². The number of rotatable bonds is 7. The van der Waals surface area contributed by atoms with E-state index in [1.807, 2.05) is 25.1 Å². The van der Waals surface area contributed by atoms with E-state index >= 15 is 0 Å². The summed E-state index contributed by atoms with van der Waals surface area (Å²) in [4.78, 5) is 7.27. The largest absolute Gasteiger partial charge is 0.370 e. The van der Waals surface area contributed by atoms with Crippen molar-refractivity contribution in [2.45, 2.75) is 31.3 Å². The van der Waals surface area contributed by atoms with Gasteiger partial charge in [0.2, 0.25) is 0 Å². The van der Waals surface area contributed by atoms with Gasteiger partial charge in [0, 0.05) is 19.6 Å². The first-order valence-corrected chi connectivity index (χ1v) is 12.1. The molecule has 0 saturated carbocycles. The van der Waals surface area contributed by atoms with Crippen molar-refractivity contribution in [1.82, 2.24) is 10.2 Å². The van der Waals surface area contributed by atoms with Crippen LogP contribution in [0.5, 0.6) is 0 Å². The first kappa shape index (κ1) is 25.6. The summed E-state index contributed by atoms with van der Waals surface area (Å²) in [6.45, 7) is 7.47. The highest BCUT2D eigenvalue weighted by Gasteiger charge is 2.25. The molecule has 1 aliphatic rings. The lowest BCUT2D eigenvalue weighted by molar-refractivity contribution is -0.00832. The maximum absolute atomic E-state index is 12.4. The number of morpholine rings is 1. The van der Waals surface area contributed by atoms with Crippen LogP contribution in [0.25, 0.3) is 0 Å². The Kier molecular flexibility index (Phi) is 10.2. The molecule has 0 radical (unpaired) electrons. The number of ether oxygens (including phenoxy) is 1. The summed E-state index contributed by atoms with van der Waals surface area (Å²) in [5.74, 6) is 0.908. The average Bonchev–Trinajstić information content (AvgIpc) is 2.77. The van der Waals surface area contributed by atoms with E-state index in [2.05, 4.69) is 29.3 Å². The summed E-state index contributed by atoms with van der Waals surface area (Å²) in [6.07, 6.45) is 0.486. The van der Waals surface area contributed by atoms with Gasteiger partial charge < -0.3 is 15.0 Å². The fraction of sp³-hybridized carbons (Fsp3) is 0.435. The number of hydrogen-bond acceptors (Lipinski definition) is 4. The third-order valence-electron chi connectivity index (χ3n) is 5.17. The molecule has 2 aromatic carbocycles. The van der Waals surface area contributed by atoms with Crippen LogP contribution in [-0.4, -0.2) is 57.8 Å². The van der Waals surface area contributed by atoms with Crippen molar-refractivity contribution in [3.05, 3.63) is 65.7 Å². The minimum absolute atomic E-state index is 0. The number of hydrogen-bond donors (Lipinski definition) is 1. The molecule has 3 rings (SSSR count). The molecule has 1 aliphatic heterocycles. The van der Waals surface area contributed by atoms with Crippen molar-refractivity contribution in [3.63, 3.8) is 0 Å². The number of benzene rings is 2. The van der Waals surface area contributed by atoms with Gasteiger partial charge in [-0.1, -0.05) is 42.5 Å².